The lowest BCUT2D eigenvalue weighted by molar-refractivity contribution is 0.0658. The van der Waals surface area contributed by atoms with Crippen LogP contribution >= 0.6 is 0 Å². The van der Waals surface area contributed by atoms with E-state index in [4.69, 9.17) is 14.2 Å². The number of hydrogen-bond donors (Lipinski definition) is 1. The Morgan fingerprint density at radius 3 is 2.35 bits per heavy atom. The lowest BCUT2D eigenvalue weighted by Gasteiger charge is -2.36. The van der Waals surface area contributed by atoms with Gasteiger partial charge in [-0.25, -0.2) is 23.5 Å². The highest BCUT2D eigenvalue weighted by atomic mass is 19.1. The number of amides is 3. The number of urea groups is 1. The van der Waals surface area contributed by atoms with Gasteiger partial charge in [-0.2, -0.15) is 0 Å². The van der Waals surface area contributed by atoms with Crippen LogP contribution in [0.15, 0.2) is 80.8 Å². The molecule has 0 bridgehead atoms. The van der Waals surface area contributed by atoms with Crippen LogP contribution in [0.2, 0.25) is 0 Å². The van der Waals surface area contributed by atoms with Gasteiger partial charge in [0.05, 0.1) is 23.5 Å². The SMILES string of the molecule is Cc1cc(-n2c(N3CCN([C@H](C)c4ccccc4)C3=O)nc3c(c2=O)CCN(C(=O)c2cc4cc(C5CCOCC5)ccc4n2[C@]2(c4noc(=O)[nH]4)C[C@@H]2C)[C@H]3C)cc(C)c1F. The summed E-state index contributed by atoms with van der Waals surface area (Å²) in [5, 5.41) is 5.04. The lowest BCUT2D eigenvalue weighted by atomic mass is 9.91. The molecule has 6 heterocycles. The maximum atomic E-state index is 15.3. The number of aryl methyl sites for hydroxylation is 2. The predicted octanol–water partition coefficient (Wildman–Crippen LogP) is 7.06. The number of halogens is 1. The van der Waals surface area contributed by atoms with Crippen molar-refractivity contribution in [1.29, 1.82) is 0 Å². The van der Waals surface area contributed by atoms with E-state index in [-0.39, 0.29) is 60.7 Å². The van der Waals surface area contributed by atoms with E-state index in [2.05, 4.69) is 35.3 Å². The zero-order valence-electron chi connectivity index (χ0n) is 35.5. The Balaban J connectivity index is 1.08. The summed E-state index contributed by atoms with van der Waals surface area (Å²) in [5.74, 6) is -0.486. The summed E-state index contributed by atoms with van der Waals surface area (Å²) in [4.78, 5) is 70.0. The molecular weight excluding hydrogens is 792 g/mol. The first kappa shape index (κ1) is 39.8. The Labute approximate surface area is 356 Å². The predicted molar refractivity (Wildman–Crippen MR) is 229 cm³/mol. The number of carbonyl (C=O) groups is 2. The highest BCUT2D eigenvalue weighted by molar-refractivity contribution is 6.00. The normalized spacial score (nSPS) is 22.1. The van der Waals surface area contributed by atoms with Crippen molar-refractivity contribution in [3.63, 3.8) is 0 Å². The fourth-order valence-corrected chi connectivity index (χ4v) is 10.3. The van der Waals surface area contributed by atoms with E-state index in [1.807, 2.05) is 54.8 Å². The minimum atomic E-state index is -0.834. The molecule has 62 heavy (non-hydrogen) atoms. The van der Waals surface area contributed by atoms with Gasteiger partial charge >= 0.3 is 11.8 Å². The van der Waals surface area contributed by atoms with Crippen LogP contribution < -0.4 is 16.2 Å². The summed E-state index contributed by atoms with van der Waals surface area (Å²) >= 11 is 0. The Morgan fingerprint density at radius 1 is 0.952 bits per heavy atom. The second-order valence-electron chi connectivity index (χ2n) is 17.5. The Kier molecular flexibility index (Phi) is 9.57. The molecule has 1 N–H and O–H groups in total. The van der Waals surface area contributed by atoms with Gasteiger partial charge in [-0.05, 0) is 118 Å². The summed E-state index contributed by atoms with van der Waals surface area (Å²) in [6.07, 6.45) is 2.65. The molecule has 14 nitrogen and oxygen atoms in total. The highest BCUT2D eigenvalue weighted by Gasteiger charge is 2.59. The number of nitrogens with one attached hydrogen (secondary N) is 1. The second-order valence-corrected chi connectivity index (χ2v) is 17.5. The minimum absolute atomic E-state index is 0.0173. The number of ether oxygens (including phenoxy) is 1. The van der Waals surface area contributed by atoms with Crippen molar-refractivity contribution in [2.75, 3.05) is 37.7 Å². The molecule has 3 amide bonds. The molecule has 0 unspecified atom stereocenters. The first-order valence-corrected chi connectivity index (χ1v) is 21.5. The van der Waals surface area contributed by atoms with Gasteiger partial charge in [-0.15, -0.1) is 0 Å². The smallest absolute Gasteiger partial charge is 0.381 e. The van der Waals surface area contributed by atoms with E-state index in [9.17, 15) is 14.4 Å². The van der Waals surface area contributed by atoms with Crippen molar-refractivity contribution in [1.82, 2.24) is 34.1 Å². The van der Waals surface area contributed by atoms with Crippen molar-refractivity contribution in [3.05, 3.63) is 138 Å². The van der Waals surface area contributed by atoms with E-state index >= 15 is 9.18 Å². The van der Waals surface area contributed by atoms with E-state index in [1.165, 1.54) is 15.0 Å². The summed E-state index contributed by atoms with van der Waals surface area (Å²) in [6.45, 7) is 11.5. The van der Waals surface area contributed by atoms with Gasteiger partial charge in [0, 0.05) is 49.3 Å². The molecule has 1 saturated carbocycles. The minimum Gasteiger partial charge on any atom is -0.381 e. The third-order valence-corrected chi connectivity index (χ3v) is 13.9. The van der Waals surface area contributed by atoms with Crippen molar-refractivity contribution >= 4 is 28.8 Å². The van der Waals surface area contributed by atoms with Gasteiger partial charge < -0.3 is 19.1 Å². The van der Waals surface area contributed by atoms with Crippen molar-refractivity contribution in [2.45, 2.75) is 83.8 Å². The maximum Gasteiger partial charge on any atom is 0.438 e. The van der Waals surface area contributed by atoms with Crippen LogP contribution in [0.25, 0.3) is 16.6 Å². The fourth-order valence-electron chi connectivity index (χ4n) is 10.3. The molecule has 4 atom stereocenters. The summed E-state index contributed by atoms with van der Waals surface area (Å²) in [5.41, 5.74) is 4.16. The van der Waals surface area contributed by atoms with E-state index in [0.717, 1.165) is 29.3 Å². The van der Waals surface area contributed by atoms with Gasteiger partial charge in [0.25, 0.3) is 11.5 Å². The Bertz CT molecular complexity index is 2870. The van der Waals surface area contributed by atoms with Gasteiger partial charge in [0.1, 0.15) is 17.1 Å². The molecule has 3 aromatic carbocycles. The molecule has 6 aromatic rings. The molecule has 10 rings (SSSR count). The Hall–Kier alpha value is -6.35. The summed E-state index contributed by atoms with van der Waals surface area (Å²) in [6, 6.07) is 20.0. The molecule has 3 aromatic heterocycles. The quantitative estimate of drug-likeness (QED) is 0.171. The molecular formula is C47H49FN8O6. The number of benzene rings is 3. The van der Waals surface area contributed by atoms with Crippen LogP contribution in [0.5, 0.6) is 0 Å². The molecule has 3 fully saturated rings. The molecule has 15 heteroatoms. The topological polar surface area (TPSA) is 152 Å². The monoisotopic (exact) mass is 840 g/mol. The zero-order valence-corrected chi connectivity index (χ0v) is 35.5. The highest BCUT2D eigenvalue weighted by Crippen LogP contribution is 2.56. The van der Waals surface area contributed by atoms with Gasteiger partial charge in [0.15, 0.2) is 5.82 Å². The standard InChI is InChI=1S/C47H49FN8O6/c1-26-21-35(22-27(2)39(26)48)55-41(57)36-13-16-52(30(5)40(36)49-44(55)54-18-17-53(46(54)60)29(4)31-9-7-6-8-10-31)42(58)38-24-34-23-33(32-14-19-61-20-15-32)11-12-37(34)56(38)47(25-28(47)3)43-50-45(59)62-51-43/h6-12,21-24,28-30,32H,13-20,25H2,1-5H3,(H,50,51,59)/t28-,29+,30-,47+/m0/s1. The van der Waals surface area contributed by atoms with Crippen LogP contribution in [0.1, 0.15) is 108 Å². The Morgan fingerprint density at radius 2 is 1.68 bits per heavy atom. The van der Waals surface area contributed by atoms with Gasteiger partial charge in [-0.3, -0.25) is 24.0 Å². The number of aromatic nitrogens is 5. The van der Waals surface area contributed by atoms with Gasteiger partial charge in [-0.1, -0.05) is 48.5 Å². The van der Waals surface area contributed by atoms with Crippen LogP contribution in [0.3, 0.4) is 0 Å². The molecule has 320 valence electrons. The number of rotatable bonds is 8. The number of carbonyl (C=O) groups excluding carboxylic acids is 2. The third kappa shape index (κ3) is 6.22. The van der Waals surface area contributed by atoms with Crippen molar-refractivity contribution in [2.24, 2.45) is 5.92 Å². The molecule has 3 aliphatic heterocycles. The summed E-state index contributed by atoms with van der Waals surface area (Å²) in [7, 11) is 0. The van der Waals surface area contributed by atoms with Crippen LogP contribution in [0.4, 0.5) is 15.1 Å². The first-order chi connectivity index (χ1) is 29.9. The lowest BCUT2D eigenvalue weighted by Crippen LogP contribution is -2.45. The number of H-pyrrole nitrogens is 1. The number of hydrogen-bond acceptors (Lipinski definition) is 8. The number of aromatic amines is 1. The number of fused-ring (bicyclic) bond motifs is 2. The molecule has 0 spiro atoms. The van der Waals surface area contributed by atoms with E-state index in [1.54, 1.807) is 35.8 Å². The third-order valence-electron chi connectivity index (χ3n) is 13.9. The largest absolute Gasteiger partial charge is 0.438 e. The maximum absolute atomic E-state index is 15.3. The summed E-state index contributed by atoms with van der Waals surface area (Å²) < 4.78 is 29.1. The van der Waals surface area contributed by atoms with E-state index < -0.39 is 17.3 Å². The molecule has 2 saturated heterocycles. The fraction of sp³-hybridized carbons (Fsp3) is 0.404. The van der Waals surface area contributed by atoms with Crippen LogP contribution in [-0.4, -0.2) is 78.8 Å². The van der Waals surface area contributed by atoms with Crippen molar-refractivity contribution in [3.8, 4) is 5.69 Å². The van der Waals surface area contributed by atoms with Crippen molar-refractivity contribution < 1.29 is 23.2 Å². The van der Waals surface area contributed by atoms with Crippen LogP contribution in [-0.2, 0) is 16.7 Å². The van der Waals surface area contributed by atoms with Crippen LogP contribution in [0, 0.1) is 25.6 Å². The second kappa shape index (κ2) is 14.9. The number of anilines is 1. The number of nitrogens with zero attached hydrogens (tertiary/aromatic N) is 7. The zero-order chi connectivity index (χ0) is 43.2. The average molecular weight is 841 g/mol. The van der Waals surface area contributed by atoms with Gasteiger partial charge in [0.2, 0.25) is 5.95 Å². The first-order valence-electron chi connectivity index (χ1n) is 21.5. The molecule has 1 aliphatic carbocycles. The average Bonchev–Trinajstić information content (AvgIpc) is 3.60. The molecule has 4 aliphatic rings. The molecule has 0 radical (unpaired) electrons. The van der Waals surface area contributed by atoms with E-state index in [0.29, 0.717) is 71.7 Å².